The molecule has 0 aliphatic heterocycles. The fourth-order valence-corrected chi connectivity index (χ4v) is 4.36. The summed E-state index contributed by atoms with van der Waals surface area (Å²) in [7, 11) is 0. The quantitative estimate of drug-likeness (QED) is 0.399. The molecule has 30 heavy (non-hydrogen) atoms. The molecule has 0 aliphatic carbocycles. The zero-order valence-electron chi connectivity index (χ0n) is 17.0. The second kappa shape index (κ2) is 8.00. The number of aryl methyl sites for hydroxylation is 1. The highest BCUT2D eigenvalue weighted by Crippen LogP contribution is 2.36. The van der Waals surface area contributed by atoms with Crippen LogP contribution < -0.4 is 10.6 Å². The van der Waals surface area contributed by atoms with E-state index in [-0.39, 0.29) is 5.91 Å². The van der Waals surface area contributed by atoms with Crippen LogP contribution in [0.25, 0.3) is 21.9 Å². The van der Waals surface area contributed by atoms with E-state index in [1.807, 2.05) is 63.4 Å². The Bertz CT molecular complexity index is 1170. The molecule has 0 fully saturated rings. The third-order valence-electron chi connectivity index (χ3n) is 4.27. The van der Waals surface area contributed by atoms with Gasteiger partial charge in [-0.15, -0.1) is 11.3 Å². The minimum atomic E-state index is -0.475. The molecule has 0 unspecified atom stereocenters. The molecule has 9 heteroatoms. The predicted octanol–water partition coefficient (Wildman–Crippen LogP) is 5.96. The van der Waals surface area contributed by atoms with Gasteiger partial charge in [0.1, 0.15) is 0 Å². The molecule has 0 radical (unpaired) electrons. The van der Waals surface area contributed by atoms with Crippen LogP contribution in [0.3, 0.4) is 0 Å². The molecular weight excluding hydrogens is 418 g/mol. The number of benzene rings is 1. The van der Waals surface area contributed by atoms with E-state index in [1.165, 1.54) is 22.7 Å². The van der Waals surface area contributed by atoms with Crippen LogP contribution in [-0.2, 0) is 4.79 Å². The number of hydrogen-bond acceptors (Lipinski definition) is 8. The van der Waals surface area contributed by atoms with Crippen molar-refractivity contribution in [3.05, 3.63) is 47.6 Å². The van der Waals surface area contributed by atoms with E-state index in [4.69, 9.17) is 9.51 Å². The first kappa shape index (κ1) is 20.2. The Morgan fingerprint density at radius 2 is 1.97 bits per heavy atom. The lowest BCUT2D eigenvalue weighted by Gasteiger charge is -2.15. The van der Waals surface area contributed by atoms with Crippen LogP contribution in [0, 0.1) is 12.3 Å². The summed E-state index contributed by atoms with van der Waals surface area (Å²) in [5.41, 5.74) is 3.04. The summed E-state index contributed by atoms with van der Waals surface area (Å²) in [6, 6.07) is 9.70. The lowest BCUT2D eigenvalue weighted by molar-refractivity contribution is -0.123. The molecule has 3 aromatic heterocycles. The van der Waals surface area contributed by atoms with Crippen molar-refractivity contribution < 1.29 is 9.32 Å². The van der Waals surface area contributed by atoms with Gasteiger partial charge in [0.2, 0.25) is 5.91 Å². The molecule has 0 atom stereocenters. The Morgan fingerprint density at radius 3 is 2.70 bits per heavy atom. The first-order valence-electron chi connectivity index (χ1n) is 9.32. The van der Waals surface area contributed by atoms with E-state index in [0.717, 1.165) is 32.6 Å². The van der Waals surface area contributed by atoms with Crippen LogP contribution in [0.2, 0.25) is 0 Å². The lowest BCUT2D eigenvalue weighted by atomic mass is 9.96. The third kappa shape index (κ3) is 4.42. The highest BCUT2D eigenvalue weighted by Gasteiger charge is 2.23. The normalized spacial score (nSPS) is 11.5. The number of carbonyl (C=O) groups excluding carboxylic acids is 1. The van der Waals surface area contributed by atoms with Gasteiger partial charge in [-0.25, -0.2) is 9.97 Å². The Balaban J connectivity index is 1.51. The van der Waals surface area contributed by atoms with Gasteiger partial charge in [0.15, 0.2) is 16.0 Å². The number of anilines is 3. The van der Waals surface area contributed by atoms with Crippen molar-refractivity contribution in [2.24, 2.45) is 5.41 Å². The van der Waals surface area contributed by atoms with Crippen LogP contribution >= 0.6 is 22.7 Å². The van der Waals surface area contributed by atoms with E-state index in [0.29, 0.717) is 10.9 Å². The van der Waals surface area contributed by atoms with Gasteiger partial charge in [-0.2, -0.15) is 0 Å². The number of amides is 1. The van der Waals surface area contributed by atoms with E-state index in [2.05, 4.69) is 20.8 Å². The van der Waals surface area contributed by atoms with E-state index in [1.54, 1.807) is 6.20 Å². The number of thiazole rings is 2. The van der Waals surface area contributed by atoms with Gasteiger partial charge in [-0.1, -0.05) is 49.4 Å². The van der Waals surface area contributed by atoms with Gasteiger partial charge in [-0.3, -0.25) is 4.79 Å². The summed E-state index contributed by atoms with van der Waals surface area (Å²) < 4.78 is 5.22. The average molecular weight is 440 g/mol. The van der Waals surface area contributed by atoms with Gasteiger partial charge in [0, 0.05) is 28.1 Å². The molecule has 1 amide bonds. The molecule has 0 bridgehead atoms. The summed E-state index contributed by atoms with van der Waals surface area (Å²) in [5, 5.41) is 13.3. The Hall–Kier alpha value is -3.04. The van der Waals surface area contributed by atoms with E-state index < -0.39 is 5.41 Å². The molecule has 154 valence electrons. The molecule has 2 N–H and O–H groups in total. The minimum Gasteiger partial charge on any atom is -0.356 e. The summed E-state index contributed by atoms with van der Waals surface area (Å²) in [6.07, 6.45) is 1.62. The van der Waals surface area contributed by atoms with Crippen molar-refractivity contribution >= 4 is 44.5 Å². The van der Waals surface area contributed by atoms with E-state index >= 15 is 0 Å². The maximum absolute atomic E-state index is 12.2. The topological polar surface area (TPSA) is 92.9 Å². The van der Waals surface area contributed by atoms with Crippen LogP contribution in [0.1, 0.15) is 26.5 Å². The van der Waals surface area contributed by atoms with Crippen LogP contribution in [0.4, 0.5) is 16.0 Å². The molecule has 4 rings (SSSR count). The van der Waals surface area contributed by atoms with Gasteiger partial charge in [-0.05, 0) is 19.1 Å². The maximum Gasteiger partial charge on any atom is 0.231 e. The number of aromatic nitrogens is 3. The smallest absolute Gasteiger partial charge is 0.231 e. The largest absolute Gasteiger partial charge is 0.356 e. The van der Waals surface area contributed by atoms with Crippen molar-refractivity contribution in [2.45, 2.75) is 27.7 Å². The molecule has 0 aliphatic rings. The standard InChI is InChI=1S/C21H21N5O2S2/c1-12-17(30-20(23-12)26-18(27)21(2,3)4)15-11-29-19(25-15)24-14-7-5-6-13(10-14)16-8-9-22-28-16/h5-11H,1-4H3,(H,24,25)(H,23,26,27). The zero-order chi connectivity index (χ0) is 21.3. The molecule has 4 aromatic rings. The molecule has 1 aromatic carbocycles. The second-order valence-corrected chi connectivity index (χ2v) is 9.62. The fourth-order valence-electron chi connectivity index (χ4n) is 2.65. The predicted molar refractivity (Wildman–Crippen MR) is 121 cm³/mol. The summed E-state index contributed by atoms with van der Waals surface area (Å²) in [4.78, 5) is 22.4. The highest BCUT2D eigenvalue weighted by molar-refractivity contribution is 7.20. The van der Waals surface area contributed by atoms with Gasteiger partial charge in [0.25, 0.3) is 0 Å². The SMILES string of the molecule is Cc1nc(NC(=O)C(C)(C)C)sc1-c1csc(Nc2cccc(-c3ccno3)c2)n1. The van der Waals surface area contributed by atoms with Crippen LogP contribution in [0.15, 0.2) is 46.4 Å². The Labute approximate surface area is 182 Å². The maximum atomic E-state index is 12.2. The lowest BCUT2D eigenvalue weighted by Crippen LogP contribution is -2.27. The third-order valence-corrected chi connectivity index (χ3v) is 6.12. The molecule has 0 spiro atoms. The van der Waals surface area contributed by atoms with Crippen molar-refractivity contribution in [2.75, 3.05) is 10.6 Å². The fraction of sp³-hybridized carbons (Fsp3) is 0.238. The van der Waals surface area contributed by atoms with Crippen molar-refractivity contribution in [3.8, 4) is 21.9 Å². The highest BCUT2D eigenvalue weighted by atomic mass is 32.1. The van der Waals surface area contributed by atoms with Crippen molar-refractivity contribution in [1.82, 2.24) is 15.1 Å². The first-order chi connectivity index (χ1) is 14.3. The molecule has 3 heterocycles. The number of carbonyl (C=O) groups is 1. The molecule has 7 nitrogen and oxygen atoms in total. The first-order valence-corrected chi connectivity index (χ1v) is 11.0. The molecular formula is C21H21N5O2S2. The Morgan fingerprint density at radius 1 is 1.13 bits per heavy atom. The van der Waals surface area contributed by atoms with Crippen molar-refractivity contribution in [3.63, 3.8) is 0 Å². The minimum absolute atomic E-state index is 0.0601. The molecule has 0 saturated carbocycles. The number of hydrogen-bond donors (Lipinski definition) is 2. The zero-order valence-corrected chi connectivity index (χ0v) is 18.6. The number of nitrogens with one attached hydrogen (secondary N) is 2. The molecule has 0 saturated heterocycles. The van der Waals surface area contributed by atoms with Gasteiger partial charge >= 0.3 is 0 Å². The summed E-state index contributed by atoms with van der Waals surface area (Å²) >= 11 is 2.94. The van der Waals surface area contributed by atoms with Crippen LogP contribution in [-0.4, -0.2) is 21.0 Å². The summed E-state index contributed by atoms with van der Waals surface area (Å²) in [5.74, 6) is 0.652. The number of rotatable bonds is 5. The monoisotopic (exact) mass is 439 g/mol. The Kier molecular flexibility index (Phi) is 5.40. The van der Waals surface area contributed by atoms with Gasteiger partial charge in [0.05, 0.1) is 22.5 Å². The van der Waals surface area contributed by atoms with Gasteiger partial charge < -0.3 is 15.2 Å². The van der Waals surface area contributed by atoms with Crippen LogP contribution in [0.5, 0.6) is 0 Å². The van der Waals surface area contributed by atoms with E-state index in [9.17, 15) is 4.79 Å². The summed E-state index contributed by atoms with van der Waals surface area (Å²) in [6.45, 7) is 7.55. The second-order valence-electron chi connectivity index (χ2n) is 7.76. The van der Waals surface area contributed by atoms with Crippen molar-refractivity contribution in [1.29, 1.82) is 0 Å². The average Bonchev–Trinajstić information content (AvgIpc) is 3.42. The number of nitrogens with zero attached hydrogens (tertiary/aromatic N) is 3.